The lowest BCUT2D eigenvalue weighted by atomic mass is 9.91. The number of imidazole rings is 1. The van der Waals surface area contributed by atoms with Crippen molar-refractivity contribution in [1.29, 1.82) is 0 Å². The van der Waals surface area contributed by atoms with Gasteiger partial charge in [-0.3, -0.25) is 4.79 Å². The van der Waals surface area contributed by atoms with Gasteiger partial charge in [-0.1, -0.05) is 25.1 Å². The van der Waals surface area contributed by atoms with E-state index in [9.17, 15) is 9.90 Å². The van der Waals surface area contributed by atoms with E-state index in [1.54, 1.807) is 7.11 Å². The monoisotopic (exact) mass is 314 g/mol. The average Bonchev–Trinajstić information content (AvgIpc) is 2.95. The van der Waals surface area contributed by atoms with Gasteiger partial charge < -0.3 is 14.4 Å². The van der Waals surface area contributed by atoms with Crippen LogP contribution in [0.4, 0.5) is 0 Å². The maximum absolute atomic E-state index is 11.4. The van der Waals surface area contributed by atoms with E-state index in [4.69, 9.17) is 4.74 Å². The number of ether oxygens (including phenoxy) is 1. The molecule has 0 bridgehead atoms. The van der Waals surface area contributed by atoms with Crippen molar-refractivity contribution in [2.75, 3.05) is 7.11 Å². The van der Waals surface area contributed by atoms with Crippen molar-refractivity contribution in [3.05, 3.63) is 47.5 Å². The standard InChI is InChI=1S/C18H22N2O3/c1-12-7-8-20-15(11-19-17(20)9-12)14(10-18(21)22)13-5-3-4-6-16(13)23-2/h3-6,11-12,14H,7-10H2,1-2H3,(H,21,22). The third-order valence-corrected chi connectivity index (χ3v) is 4.60. The Hall–Kier alpha value is -2.30. The quantitative estimate of drug-likeness (QED) is 0.921. The van der Waals surface area contributed by atoms with Crippen molar-refractivity contribution in [3.63, 3.8) is 0 Å². The molecular weight excluding hydrogens is 292 g/mol. The Balaban J connectivity index is 2.05. The molecule has 2 unspecified atom stereocenters. The first kappa shape index (κ1) is 15.6. The first-order valence-electron chi connectivity index (χ1n) is 7.99. The maximum atomic E-state index is 11.4. The summed E-state index contributed by atoms with van der Waals surface area (Å²) in [7, 11) is 1.62. The van der Waals surface area contributed by atoms with Crippen molar-refractivity contribution >= 4 is 5.97 Å². The van der Waals surface area contributed by atoms with Crippen LogP contribution in [0.2, 0.25) is 0 Å². The van der Waals surface area contributed by atoms with Crippen molar-refractivity contribution in [2.24, 2.45) is 5.92 Å². The average molecular weight is 314 g/mol. The van der Waals surface area contributed by atoms with E-state index in [1.807, 2.05) is 30.5 Å². The van der Waals surface area contributed by atoms with Crippen molar-refractivity contribution in [1.82, 2.24) is 9.55 Å². The van der Waals surface area contributed by atoms with Crippen LogP contribution < -0.4 is 4.74 Å². The van der Waals surface area contributed by atoms with Crippen LogP contribution in [0.1, 0.15) is 42.8 Å². The third kappa shape index (κ3) is 3.09. The lowest BCUT2D eigenvalue weighted by Crippen LogP contribution is -2.21. The fraction of sp³-hybridized carbons (Fsp3) is 0.444. The van der Waals surface area contributed by atoms with Gasteiger partial charge in [0, 0.05) is 36.3 Å². The molecular formula is C18H22N2O3. The minimum atomic E-state index is -0.819. The number of aliphatic carboxylic acids is 1. The van der Waals surface area contributed by atoms with Gasteiger partial charge in [0.15, 0.2) is 0 Å². The molecule has 5 heteroatoms. The molecule has 23 heavy (non-hydrogen) atoms. The van der Waals surface area contributed by atoms with Gasteiger partial charge in [0.1, 0.15) is 11.6 Å². The molecule has 122 valence electrons. The van der Waals surface area contributed by atoms with Gasteiger partial charge in [-0.15, -0.1) is 0 Å². The zero-order valence-electron chi connectivity index (χ0n) is 13.5. The molecule has 0 amide bonds. The van der Waals surface area contributed by atoms with Gasteiger partial charge in [-0.2, -0.15) is 0 Å². The Morgan fingerprint density at radius 2 is 2.26 bits per heavy atom. The highest BCUT2D eigenvalue weighted by molar-refractivity contribution is 5.69. The second kappa shape index (κ2) is 6.44. The number of fused-ring (bicyclic) bond motifs is 1. The second-order valence-electron chi connectivity index (χ2n) is 6.24. The zero-order chi connectivity index (χ0) is 16.4. The largest absolute Gasteiger partial charge is 0.496 e. The molecule has 0 saturated carbocycles. The number of hydrogen-bond donors (Lipinski definition) is 1. The van der Waals surface area contributed by atoms with E-state index in [0.717, 1.165) is 42.2 Å². The molecule has 0 aliphatic carbocycles. The van der Waals surface area contributed by atoms with Gasteiger partial charge in [0.25, 0.3) is 0 Å². The van der Waals surface area contributed by atoms with E-state index < -0.39 is 5.97 Å². The fourth-order valence-corrected chi connectivity index (χ4v) is 3.39. The van der Waals surface area contributed by atoms with Gasteiger partial charge >= 0.3 is 5.97 Å². The molecule has 0 saturated heterocycles. The minimum absolute atomic E-state index is 0.0288. The number of para-hydroxylation sites is 1. The van der Waals surface area contributed by atoms with Gasteiger partial charge in [0.05, 0.1) is 13.5 Å². The number of carboxylic acids is 1. The van der Waals surface area contributed by atoms with Crippen molar-refractivity contribution in [3.8, 4) is 5.75 Å². The van der Waals surface area contributed by atoms with Crippen LogP contribution in [0, 0.1) is 5.92 Å². The van der Waals surface area contributed by atoms with Crippen molar-refractivity contribution in [2.45, 2.75) is 38.6 Å². The third-order valence-electron chi connectivity index (χ3n) is 4.60. The molecule has 2 heterocycles. The number of nitrogens with zero attached hydrogens (tertiary/aromatic N) is 2. The highest BCUT2D eigenvalue weighted by Gasteiger charge is 2.28. The van der Waals surface area contributed by atoms with Crippen LogP contribution in [-0.2, 0) is 17.8 Å². The van der Waals surface area contributed by atoms with Gasteiger partial charge in [-0.25, -0.2) is 4.98 Å². The number of methoxy groups -OCH3 is 1. The Morgan fingerprint density at radius 3 is 3.00 bits per heavy atom. The predicted molar refractivity (Wildman–Crippen MR) is 86.8 cm³/mol. The lowest BCUT2D eigenvalue weighted by Gasteiger charge is -2.25. The number of rotatable bonds is 5. The van der Waals surface area contributed by atoms with Crippen LogP contribution in [-0.4, -0.2) is 27.7 Å². The SMILES string of the molecule is COc1ccccc1C(CC(=O)O)c1cnc2n1CCC(C)C2. The molecule has 3 rings (SSSR count). The molecule has 1 aromatic carbocycles. The first-order valence-corrected chi connectivity index (χ1v) is 7.99. The molecule has 1 aromatic heterocycles. The van der Waals surface area contributed by atoms with E-state index in [1.165, 1.54) is 0 Å². The highest BCUT2D eigenvalue weighted by atomic mass is 16.5. The Kier molecular flexibility index (Phi) is 4.37. The van der Waals surface area contributed by atoms with E-state index in [-0.39, 0.29) is 12.3 Å². The molecule has 0 spiro atoms. The van der Waals surface area contributed by atoms with Gasteiger partial charge in [0.2, 0.25) is 0 Å². The summed E-state index contributed by atoms with van der Waals surface area (Å²) < 4.78 is 7.64. The molecule has 1 aliphatic heterocycles. The summed E-state index contributed by atoms with van der Waals surface area (Å²) >= 11 is 0. The summed E-state index contributed by atoms with van der Waals surface area (Å²) in [4.78, 5) is 16.0. The zero-order valence-corrected chi connectivity index (χ0v) is 13.5. The molecule has 2 aromatic rings. The highest BCUT2D eigenvalue weighted by Crippen LogP contribution is 2.36. The second-order valence-corrected chi connectivity index (χ2v) is 6.24. The Labute approximate surface area is 135 Å². The van der Waals surface area contributed by atoms with Gasteiger partial charge in [-0.05, 0) is 18.4 Å². The summed E-state index contributed by atoms with van der Waals surface area (Å²) in [5.74, 6) is 1.34. The number of carboxylic acid groups (broad SMARTS) is 1. The molecule has 5 nitrogen and oxygen atoms in total. The molecule has 2 atom stereocenters. The van der Waals surface area contributed by atoms with Crippen LogP contribution in [0.3, 0.4) is 0 Å². The molecule has 1 aliphatic rings. The van der Waals surface area contributed by atoms with Crippen LogP contribution in [0.25, 0.3) is 0 Å². The van der Waals surface area contributed by atoms with E-state index in [0.29, 0.717) is 5.92 Å². The number of hydrogen-bond acceptors (Lipinski definition) is 3. The number of aromatic nitrogens is 2. The molecule has 0 fully saturated rings. The minimum Gasteiger partial charge on any atom is -0.496 e. The van der Waals surface area contributed by atoms with E-state index in [2.05, 4.69) is 16.5 Å². The predicted octanol–water partition coefficient (Wildman–Crippen LogP) is 3.08. The smallest absolute Gasteiger partial charge is 0.304 e. The fourth-order valence-electron chi connectivity index (χ4n) is 3.39. The maximum Gasteiger partial charge on any atom is 0.304 e. The summed E-state index contributed by atoms with van der Waals surface area (Å²) in [5.41, 5.74) is 1.87. The lowest BCUT2D eigenvalue weighted by molar-refractivity contribution is -0.137. The van der Waals surface area contributed by atoms with Crippen LogP contribution in [0.5, 0.6) is 5.75 Å². The Morgan fingerprint density at radius 1 is 1.48 bits per heavy atom. The summed E-state index contributed by atoms with van der Waals surface area (Å²) in [6.07, 6.45) is 3.92. The number of carbonyl (C=O) groups is 1. The Bertz CT molecular complexity index is 708. The summed E-state index contributed by atoms with van der Waals surface area (Å²) in [6, 6.07) is 7.63. The van der Waals surface area contributed by atoms with Crippen molar-refractivity contribution < 1.29 is 14.6 Å². The molecule has 0 radical (unpaired) electrons. The van der Waals surface area contributed by atoms with Crippen LogP contribution >= 0.6 is 0 Å². The van der Waals surface area contributed by atoms with Crippen LogP contribution in [0.15, 0.2) is 30.5 Å². The first-order chi connectivity index (χ1) is 11.1. The normalized spacial score (nSPS) is 18.3. The molecule has 1 N–H and O–H groups in total. The van der Waals surface area contributed by atoms with E-state index >= 15 is 0 Å². The summed E-state index contributed by atoms with van der Waals surface area (Å²) in [6.45, 7) is 3.13. The summed E-state index contributed by atoms with van der Waals surface area (Å²) in [5, 5.41) is 9.38. The number of benzene rings is 1. The topological polar surface area (TPSA) is 64.3 Å².